The summed E-state index contributed by atoms with van der Waals surface area (Å²) in [6.45, 7) is 0.132. The third-order valence-electron chi connectivity index (χ3n) is 2.16. The number of phenolic OH excluding ortho intramolecular Hbond substituents is 2. The van der Waals surface area contributed by atoms with Crippen molar-refractivity contribution in [2.75, 3.05) is 12.4 Å². The van der Waals surface area contributed by atoms with Crippen LogP contribution in [0.4, 0.5) is 0 Å². The van der Waals surface area contributed by atoms with Gasteiger partial charge in [-0.15, -0.1) is 0 Å². The van der Waals surface area contributed by atoms with E-state index < -0.39 is 17.5 Å². The van der Waals surface area contributed by atoms with Crippen LogP contribution in [0.15, 0.2) is 12.1 Å². The highest BCUT2D eigenvalue weighted by atomic mass is 79.9. The highest BCUT2D eigenvalue weighted by molar-refractivity contribution is 9.09. The van der Waals surface area contributed by atoms with Crippen molar-refractivity contribution in [3.8, 4) is 11.5 Å². The van der Waals surface area contributed by atoms with Crippen molar-refractivity contribution in [1.29, 1.82) is 0 Å². The number of benzene rings is 1. The minimum absolute atomic E-state index is 0.132. The zero-order valence-electron chi connectivity index (χ0n) is 9.57. The van der Waals surface area contributed by atoms with Crippen molar-refractivity contribution in [3.05, 3.63) is 23.3 Å². The largest absolute Gasteiger partial charge is 0.507 e. The SMILES string of the molecule is COC(=O)c1c(O)cc(CNC(=O)CBr)cc1O. The number of rotatable bonds is 4. The van der Waals surface area contributed by atoms with Crippen molar-refractivity contribution in [2.45, 2.75) is 6.54 Å². The van der Waals surface area contributed by atoms with Crippen LogP contribution >= 0.6 is 15.9 Å². The zero-order valence-corrected chi connectivity index (χ0v) is 11.2. The van der Waals surface area contributed by atoms with Gasteiger partial charge in [-0.3, -0.25) is 4.79 Å². The lowest BCUT2D eigenvalue weighted by atomic mass is 10.1. The van der Waals surface area contributed by atoms with E-state index in [0.29, 0.717) is 5.56 Å². The first-order valence-electron chi connectivity index (χ1n) is 4.95. The van der Waals surface area contributed by atoms with Crippen LogP contribution in [0.5, 0.6) is 11.5 Å². The first-order chi connectivity index (χ1) is 8.49. The third kappa shape index (κ3) is 3.36. The van der Waals surface area contributed by atoms with Crippen LogP contribution in [-0.2, 0) is 16.1 Å². The summed E-state index contributed by atoms with van der Waals surface area (Å²) >= 11 is 2.99. The maximum absolute atomic E-state index is 11.3. The van der Waals surface area contributed by atoms with Crippen molar-refractivity contribution >= 4 is 27.8 Å². The van der Waals surface area contributed by atoms with E-state index in [1.165, 1.54) is 12.1 Å². The van der Waals surface area contributed by atoms with E-state index in [1.54, 1.807) is 0 Å². The average Bonchev–Trinajstić information content (AvgIpc) is 2.34. The fourth-order valence-corrected chi connectivity index (χ4v) is 1.53. The van der Waals surface area contributed by atoms with E-state index in [-0.39, 0.29) is 23.3 Å². The van der Waals surface area contributed by atoms with Gasteiger partial charge in [0.25, 0.3) is 0 Å². The van der Waals surface area contributed by atoms with Gasteiger partial charge >= 0.3 is 5.97 Å². The fourth-order valence-electron chi connectivity index (χ4n) is 1.33. The van der Waals surface area contributed by atoms with Crippen molar-refractivity contribution in [3.63, 3.8) is 0 Å². The fraction of sp³-hybridized carbons (Fsp3) is 0.273. The molecule has 0 aliphatic heterocycles. The molecule has 98 valence electrons. The van der Waals surface area contributed by atoms with E-state index in [1.807, 2.05) is 0 Å². The second-order valence-electron chi connectivity index (χ2n) is 3.41. The Morgan fingerprint density at radius 2 is 1.89 bits per heavy atom. The molecule has 0 aromatic heterocycles. The van der Waals surface area contributed by atoms with Crippen LogP contribution in [0, 0.1) is 0 Å². The van der Waals surface area contributed by atoms with Gasteiger partial charge in [0, 0.05) is 6.54 Å². The van der Waals surface area contributed by atoms with E-state index in [0.717, 1.165) is 7.11 Å². The van der Waals surface area contributed by atoms with Crippen LogP contribution in [0.25, 0.3) is 0 Å². The number of ether oxygens (including phenoxy) is 1. The molecule has 0 spiro atoms. The normalized spacial score (nSPS) is 9.89. The Labute approximate surface area is 112 Å². The lowest BCUT2D eigenvalue weighted by Crippen LogP contribution is -2.23. The Morgan fingerprint density at radius 1 is 1.33 bits per heavy atom. The Balaban J connectivity index is 2.92. The van der Waals surface area contributed by atoms with Gasteiger partial charge in [-0.05, 0) is 17.7 Å². The van der Waals surface area contributed by atoms with Crippen LogP contribution in [-0.4, -0.2) is 34.5 Å². The number of methoxy groups -OCH3 is 1. The standard InChI is InChI=1S/C11H12BrNO5/c1-18-11(17)10-7(14)2-6(3-8(10)15)5-13-9(16)4-12/h2-3,14-15H,4-5H2,1H3,(H,13,16). The van der Waals surface area contributed by atoms with Crippen molar-refractivity contribution in [2.24, 2.45) is 0 Å². The summed E-state index contributed by atoms with van der Waals surface area (Å²) in [5, 5.41) is 21.9. The van der Waals surface area contributed by atoms with Crippen LogP contribution < -0.4 is 5.32 Å². The highest BCUT2D eigenvalue weighted by Crippen LogP contribution is 2.29. The number of esters is 1. The molecule has 0 unspecified atom stereocenters. The Hall–Kier alpha value is -1.76. The number of halogens is 1. The molecule has 0 aliphatic carbocycles. The molecular weight excluding hydrogens is 306 g/mol. The Bertz CT molecular complexity index is 451. The monoisotopic (exact) mass is 317 g/mol. The first-order valence-corrected chi connectivity index (χ1v) is 6.07. The van der Waals surface area contributed by atoms with E-state index in [4.69, 9.17) is 0 Å². The maximum Gasteiger partial charge on any atom is 0.345 e. The van der Waals surface area contributed by atoms with Gasteiger partial charge in [-0.2, -0.15) is 0 Å². The summed E-state index contributed by atoms with van der Waals surface area (Å²) in [6, 6.07) is 2.56. The van der Waals surface area contributed by atoms with Crippen LogP contribution in [0.2, 0.25) is 0 Å². The number of carbonyl (C=O) groups excluding carboxylic acids is 2. The summed E-state index contributed by atoms with van der Waals surface area (Å²) in [7, 11) is 1.14. The Kier molecular flexibility index (Phi) is 4.96. The maximum atomic E-state index is 11.3. The van der Waals surface area contributed by atoms with E-state index in [9.17, 15) is 19.8 Å². The molecule has 18 heavy (non-hydrogen) atoms. The number of aromatic hydroxyl groups is 2. The van der Waals surface area contributed by atoms with E-state index in [2.05, 4.69) is 26.0 Å². The molecule has 0 atom stereocenters. The molecule has 0 heterocycles. The molecule has 0 fully saturated rings. The molecule has 0 bridgehead atoms. The molecule has 0 saturated heterocycles. The number of alkyl halides is 1. The smallest absolute Gasteiger partial charge is 0.345 e. The lowest BCUT2D eigenvalue weighted by Gasteiger charge is -2.09. The van der Waals surface area contributed by atoms with Gasteiger partial charge in [0.15, 0.2) is 0 Å². The molecule has 1 rings (SSSR count). The second kappa shape index (κ2) is 6.25. The summed E-state index contributed by atoms with van der Waals surface area (Å²) in [5.41, 5.74) is 0.167. The summed E-state index contributed by atoms with van der Waals surface area (Å²) in [6.07, 6.45) is 0. The zero-order chi connectivity index (χ0) is 13.7. The molecule has 1 aromatic rings. The number of amides is 1. The number of phenols is 2. The number of nitrogens with one attached hydrogen (secondary N) is 1. The highest BCUT2D eigenvalue weighted by Gasteiger charge is 2.18. The van der Waals surface area contributed by atoms with Crippen LogP contribution in [0.1, 0.15) is 15.9 Å². The lowest BCUT2D eigenvalue weighted by molar-refractivity contribution is -0.118. The minimum atomic E-state index is -0.832. The quantitative estimate of drug-likeness (QED) is 0.566. The van der Waals surface area contributed by atoms with Gasteiger partial charge in [0.1, 0.15) is 17.1 Å². The predicted molar refractivity (Wildman–Crippen MR) is 66.8 cm³/mol. The molecule has 3 N–H and O–H groups in total. The summed E-state index contributed by atoms with van der Waals surface area (Å²) in [5.74, 6) is -1.86. The van der Waals surface area contributed by atoms with Gasteiger partial charge in [-0.1, -0.05) is 15.9 Å². The van der Waals surface area contributed by atoms with Gasteiger partial charge < -0.3 is 20.3 Å². The van der Waals surface area contributed by atoms with Crippen molar-refractivity contribution < 1.29 is 24.5 Å². The molecule has 7 heteroatoms. The summed E-state index contributed by atoms with van der Waals surface area (Å²) in [4.78, 5) is 22.3. The Morgan fingerprint density at radius 3 is 2.33 bits per heavy atom. The minimum Gasteiger partial charge on any atom is -0.507 e. The van der Waals surface area contributed by atoms with E-state index >= 15 is 0 Å². The molecule has 1 aromatic carbocycles. The number of hydrogen-bond donors (Lipinski definition) is 3. The topological polar surface area (TPSA) is 95.9 Å². The van der Waals surface area contributed by atoms with Crippen LogP contribution in [0.3, 0.4) is 0 Å². The molecule has 6 nitrogen and oxygen atoms in total. The molecule has 0 aliphatic rings. The summed E-state index contributed by atoms with van der Waals surface area (Å²) < 4.78 is 4.42. The number of hydrogen-bond acceptors (Lipinski definition) is 5. The van der Waals surface area contributed by atoms with Gasteiger partial charge in [0.2, 0.25) is 5.91 Å². The molecular formula is C11H12BrNO5. The van der Waals surface area contributed by atoms with Gasteiger partial charge in [0.05, 0.1) is 12.4 Å². The third-order valence-corrected chi connectivity index (χ3v) is 2.67. The average molecular weight is 318 g/mol. The molecule has 0 saturated carbocycles. The molecule has 0 radical (unpaired) electrons. The molecule has 1 amide bonds. The second-order valence-corrected chi connectivity index (χ2v) is 3.97. The van der Waals surface area contributed by atoms with Gasteiger partial charge in [-0.25, -0.2) is 4.79 Å². The van der Waals surface area contributed by atoms with Crippen molar-refractivity contribution in [1.82, 2.24) is 5.32 Å². The number of carbonyl (C=O) groups is 2. The predicted octanol–water partition coefficient (Wildman–Crippen LogP) is 0.895. The first kappa shape index (κ1) is 14.3.